The van der Waals surface area contributed by atoms with Crippen molar-refractivity contribution in [2.24, 2.45) is 0 Å². The third kappa shape index (κ3) is 4.20. The van der Waals surface area contributed by atoms with Crippen LogP contribution < -0.4 is 10.2 Å². The number of para-hydroxylation sites is 1. The van der Waals surface area contributed by atoms with Crippen molar-refractivity contribution in [2.75, 3.05) is 16.8 Å². The molecule has 1 N–H and O–H groups in total. The molecular weight excluding hydrogens is 312 g/mol. The van der Waals surface area contributed by atoms with Crippen molar-refractivity contribution in [1.82, 2.24) is 9.97 Å². The second kappa shape index (κ2) is 8.06. The topological polar surface area (TPSA) is 58.1 Å². The van der Waals surface area contributed by atoms with Gasteiger partial charge in [0.15, 0.2) is 0 Å². The summed E-state index contributed by atoms with van der Waals surface area (Å²) in [4.78, 5) is 23.0. The number of aromatic nitrogens is 2. The van der Waals surface area contributed by atoms with E-state index in [-0.39, 0.29) is 5.91 Å². The van der Waals surface area contributed by atoms with E-state index in [0.29, 0.717) is 18.8 Å². The second-order valence-electron chi connectivity index (χ2n) is 5.49. The van der Waals surface area contributed by atoms with Crippen LogP contribution in [0.25, 0.3) is 0 Å². The van der Waals surface area contributed by atoms with Gasteiger partial charge in [-0.25, -0.2) is 4.98 Å². The molecule has 1 aromatic carbocycles. The number of pyridine rings is 2. The lowest BCUT2D eigenvalue weighted by Gasteiger charge is -2.20. The van der Waals surface area contributed by atoms with E-state index < -0.39 is 0 Å². The molecule has 0 radical (unpaired) electrons. The minimum atomic E-state index is -0.107. The molecule has 126 valence electrons. The molecular formula is C20H20N4O. The summed E-state index contributed by atoms with van der Waals surface area (Å²) in [5, 5.41) is 3.25. The van der Waals surface area contributed by atoms with Crippen molar-refractivity contribution in [3.63, 3.8) is 0 Å². The monoisotopic (exact) mass is 332 g/mol. The Morgan fingerprint density at radius 2 is 1.80 bits per heavy atom. The molecule has 0 fully saturated rings. The Morgan fingerprint density at radius 1 is 1.00 bits per heavy atom. The molecule has 0 atom stereocenters. The largest absolute Gasteiger partial charge is 0.378 e. The molecule has 0 bridgehead atoms. The van der Waals surface area contributed by atoms with Crippen LogP contribution >= 0.6 is 0 Å². The van der Waals surface area contributed by atoms with Gasteiger partial charge in [0.2, 0.25) is 0 Å². The molecule has 25 heavy (non-hydrogen) atoms. The SMILES string of the molecule is CCN(C(=O)c1ccc(NCc2ccccn2)cn1)c1ccccc1. The van der Waals surface area contributed by atoms with Crippen molar-refractivity contribution in [1.29, 1.82) is 0 Å². The lowest BCUT2D eigenvalue weighted by atomic mass is 10.2. The Kier molecular flexibility index (Phi) is 5.36. The zero-order chi connectivity index (χ0) is 17.5. The summed E-state index contributed by atoms with van der Waals surface area (Å²) in [6, 6.07) is 19.0. The van der Waals surface area contributed by atoms with Crippen molar-refractivity contribution >= 4 is 17.3 Å². The number of carbonyl (C=O) groups is 1. The van der Waals surface area contributed by atoms with Crippen LogP contribution in [0, 0.1) is 0 Å². The minimum absolute atomic E-state index is 0.107. The summed E-state index contributed by atoms with van der Waals surface area (Å²) in [5.41, 5.74) is 3.09. The summed E-state index contributed by atoms with van der Waals surface area (Å²) in [6.07, 6.45) is 3.44. The maximum absolute atomic E-state index is 12.7. The third-order valence-corrected chi connectivity index (χ3v) is 3.81. The van der Waals surface area contributed by atoms with Gasteiger partial charge in [0.05, 0.1) is 24.1 Å². The number of nitrogens with zero attached hydrogens (tertiary/aromatic N) is 3. The van der Waals surface area contributed by atoms with E-state index in [9.17, 15) is 4.79 Å². The Labute approximate surface area is 147 Å². The molecule has 2 aromatic heterocycles. The summed E-state index contributed by atoms with van der Waals surface area (Å²) in [6.45, 7) is 3.15. The van der Waals surface area contributed by atoms with E-state index in [2.05, 4.69) is 15.3 Å². The van der Waals surface area contributed by atoms with Gasteiger partial charge in [-0.05, 0) is 43.3 Å². The molecule has 0 unspecified atom stereocenters. The van der Waals surface area contributed by atoms with E-state index >= 15 is 0 Å². The molecule has 2 heterocycles. The maximum Gasteiger partial charge on any atom is 0.276 e. The molecule has 1 amide bonds. The van der Waals surface area contributed by atoms with Gasteiger partial charge in [0.25, 0.3) is 5.91 Å². The second-order valence-corrected chi connectivity index (χ2v) is 5.49. The first-order valence-electron chi connectivity index (χ1n) is 8.24. The molecule has 3 aromatic rings. The van der Waals surface area contributed by atoms with Crippen molar-refractivity contribution in [3.05, 3.63) is 84.4 Å². The number of amides is 1. The van der Waals surface area contributed by atoms with Crippen molar-refractivity contribution in [3.8, 4) is 0 Å². The molecule has 0 saturated heterocycles. The highest BCUT2D eigenvalue weighted by atomic mass is 16.2. The van der Waals surface area contributed by atoms with Crippen LogP contribution in [0.2, 0.25) is 0 Å². The third-order valence-electron chi connectivity index (χ3n) is 3.81. The average Bonchev–Trinajstić information content (AvgIpc) is 2.69. The maximum atomic E-state index is 12.7. The van der Waals surface area contributed by atoms with E-state index in [1.807, 2.05) is 61.5 Å². The number of rotatable bonds is 6. The number of carbonyl (C=O) groups excluding carboxylic acids is 1. The predicted molar refractivity (Wildman–Crippen MR) is 99.6 cm³/mol. The first kappa shape index (κ1) is 16.6. The van der Waals surface area contributed by atoms with Crippen LogP contribution in [-0.4, -0.2) is 22.4 Å². The highest BCUT2D eigenvalue weighted by Gasteiger charge is 2.16. The van der Waals surface area contributed by atoms with Crippen molar-refractivity contribution in [2.45, 2.75) is 13.5 Å². The van der Waals surface area contributed by atoms with E-state index in [1.165, 1.54) is 0 Å². The molecule has 5 nitrogen and oxygen atoms in total. The lowest BCUT2D eigenvalue weighted by molar-refractivity contribution is 0.0983. The zero-order valence-corrected chi connectivity index (χ0v) is 14.1. The molecule has 0 spiro atoms. The van der Waals surface area contributed by atoms with E-state index in [0.717, 1.165) is 17.1 Å². The fraction of sp³-hybridized carbons (Fsp3) is 0.150. The minimum Gasteiger partial charge on any atom is -0.378 e. The summed E-state index contributed by atoms with van der Waals surface area (Å²) in [5.74, 6) is -0.107. The van der Waals surface area contributed by atoms with Gasteiger partial charge in [0, 0.05) is 18.4 Å². The molecule has 0 aliphatic carbocycles. The first-order chi connectivity index (χ1) is 12.3. The van der Waals surface area contributed by atoms with Crippen LogP contribution in [0.15, 0.2) is 73.1 Å². The standard InChI is InChI=1S/C20H20N4O/c1-2-24(18-9-4-3-5-10-18)20(25)19-12-11-17(15-23-19)22-14-16-8-6-7-13-21-16/h3-13,15,22H,2,14H2,1H3. The van der Waals surface area contributed by atoms with Gasteiger partial charge in [-0.15, -0.1) is 0 Å². The molecule has 0 saturated carbocycles. The van der Waals surface area contributed by atoms with Crippen LogP contribution in [-0.2, 0) is 6.54 Å². The van der Waals surface area contributed by atoms with Crippen LogP contribution in [0.1, 0.15) is 23.1 Å². The normalized spacial score (nSPS) is 10.3. The predicted octanol–water partition coefficient (Wildman–Crippen LogP) is 3.76. The Morgan fingerprint density at radius 3 is 2.44 bits per heavy atom. The van der Waals surface area contributed by atoms with Crippen LogP contribution in [0.4, 0.5) is 11.4 Å². The Bertz CT molecular complexity index is 804. The first-order valence-corrected chi connectivity index (χ1v) is 8.24. The van der Waals surface area contributed by atoms with E-state index in [4.69, 9.17) is 0 Å². The quantitative estimate of drug-likeness (QED) is 0.747. The van der Waals surface area contributed by atoms with Crippen LogP contribution in [0.3, 0.4) is 0 Å². The highest BCUT2D eigenvalue weighted by Crippen LogP contribution is 2.16. The molecule has 5 heteroatoms. The highest BCUT2D eigenvalue weighted by molar-refractivity contribution is 6.04. The number of hydrogen-bond donors (Lipinski definition) is 1. The van der Waals surface area contributed by atoms with Gasteiger partial charge in [-0.2, -0.15) is 0 Å². The molecule has 0 aliphatic rings. The summed E-state index contributed by atoms with van der Waals surface area (Å²) in [7, 11) is 0. The number of anilines is 2. The number of hydrogen-bond acceptors (Lipinski definition) is 4. The Balaban J connectivity index is 1.68. The molecule has 0 aliphatic heterocycles. The fourth-order valence-electron chi connectivity index (χ4n) is 2.51. The summed E-state index contributed by atoms with van der Waals surface area (Å²) >= 11 is 0. The molecule has 3 rings (SSSR count). The fourth-order valence-corrected chi connectivity index (χ4v) is 2.51. The lowest BCUT2D eigenvalue weighted by Crippen LogP contribution is -2.31. The Hall–Kier alpha value is -3.21. The smallest absolute Gasteiger partial charge is 0.276 e. The van der Waals surface area contributed by atoms with Gasteiger partial charge < -0.3 is 10.2 Å². The van der Waals surface area contributed by atoms with Gasteiger partial charge in [-0.3, -0.25) is 9.78 Å². The number of benzene rings is 1. The zero-order valence-electron chi connectivity index (χ0n) is 14.1. The average molecular weight is 332 g/mol. The van der Waals surface area contributed by atoms with Gasteiger partial charge >= 0.3 is 0 Å². The van der Waals surface area contributed by atoms with Crippen molar-refractivity contribution < 1.29 is 4.79 Å². The van der Waals surface area contributed by atoms with E-state index in [1.54, 1.807) is 23.4 Å². The van der Waals surface area contributed by atoms with Crippen LogP contribution in [0.5, 0.6) is 0 Å². The van der Waals surface area contributed by atoms with Gasteiger partial charge in [0.1, 0.15) is 5.69 Å². The summed E-state index contributed by atoms with van der Waals surface area (Å²) < 4.78 is 0. The van der Waals surface area contributed by atoms with Gasteiger partial charge in [-0.1, -0.05) is 24.3 Å². The number of nitrogens with one attached hydrogen (secondary N) is 1.